The van der Waals surface area contributed by atoms with Gasteiger partial charge in [0.1, 0.15) is 17.7 Å². The summed E-state index contributed by atoms with van der Waals surface area (Å²) in [6.07, 6.45) is 0.801. The number of nitrogens with one attached hydrogen (secondary N) is 2. The minimum Gasteiger partial charge on any atom is -0.481 e. The molecular weight excluding hydrogens is 471 g/mol. The second-order valence-corrected chi connectivity index (χ2v) is 9.52. The fourth-order valence-corrected chi connectivity index (χ4v) is 4.86. The van der Waals surface area contributed by atoms with E-state index in [0.29, 0.717) is 54.4 Å². The summed E-state index contributed by atoms with van der Waals surface area (Å²) in [4.78, 5) is 19.2. The van der Waals surface area contributed by atoms with Crippen LogP contribution in [0.25, 0.3) is 0 Å². The monoisotopic (exact) mass is 496 g/mol. The van der Waals surface area contributed by atoms with E-state index >= 15 is 0 Å². The van der Waals surface area contributed by atoms with Gasteiger partial charge in [-0.2, -0.15) is 10.4 Å². The molecule has 0 spiro atoms. The molecular formula is C25H26ClFN6O2. The average molecular weight is 497 g/mol. The van der Waals surface area contributed by atoms with Crippen LogP contribution in [0.4, 0.5) is 16.0 Å². The number of carbonyl (C=O) groups is 1. The third-order valence-corrected chi connectivity index (χ3v) is 6.90. The van der Waals surface area contributed by atoms with Crippen molar-refractivity contribution in [3.63, 3.8) is 0 Å². The van der Waals surface area contributed by atoms with Gasteiger partial charge in [-0.25, -0.2) is 9.37 Å². The van der Waals surface area contributed by atoms with Gasteiger partial charge in [-0.1, -0.05) is 23.7 Å². The summed E-state index contributed by atoms with van der Waals surface area (Å²) in [6, 6.07) is 12.0. The Bertz CT molecular complexity index is 1290. The summed E-state index contributed by atoms with van der Waals surface area (Å²) in [5.74, 6) is -0.317. The molecule has 1 aromatic carbocycles. The zero-order valence-corrected chi connectivity index (χ0v) is 20.2. The van der Waals surface area contributed by atoms with E-state index < -0.39 is 17.2 Å². The Labute approximate surface area is 207 Å². The molecule has 1 fully saturated rings. The molecule has 0 amide bonds. The lowest BCUT2D eigenvalue weighted by molar-refractivity contribution is -0.153. The van der Waals surface area contributed by atoms with Crippen LogP contribution < -0.4 is 5.32 Å². The first-order chi connectivity index (χ1) is 16.7. The minimum atomic E-state index is -1.09. The molecule has 182 valence electrons. The van der Waals surface area contributed by atoms with Crippen LogP contribution in [0.1, 0.15) is 42.3 Å². The van der Waals surface area contributed by atoms with Gasteiger partial charge in [0.25, 0.3) is 0 Å². The number of carboxylic acids is 1. The van der Waals surface area contributed by atoms with E-state index in [1.807, 2.05) is 19.9 Å². The zero-order valence-electron chi connectivity index (χ0n) is 19.5. The lowest BCUT2D eigenvalue weighted by atomic mass is 9.71. The number of pyridine rings is 1. The van der Waals surface area contributed by atoms with Crippen molar-refractivity contribution in [1.82, 2.24) is 20.1 Å². The Morgan fingerprint density at radius 3 is 2.86 bits per heavy atom. The predicted octanol–water partition coefficient (Wildman–Crippen LogP) is 4.82. The number of nitrogens with zero attached hydrogens (tertiary/aromatic N) is 4. The number of aliphatic carboxylic acids is 1. The van der Waals surface area contributed by atoms with Crippen molar-refractivity contribution in [1.29, 1.82) is 5.26 Å². The van der Waals surface area contributed by atoms with Gasteiger partial charge in [0.05, 0.1) is 21.7 Å². The highest BCUT2D eigenvalue weighted by Crippen LogP contribution is 2.39. The number of piperidine rings is 1. The topological polar surface area (TPSA) is 118 Å². The number of aromatic amines is 1. The van der Waals surface area contributed by atoms with Crippen molar-refractivity contribution < 1.29 is 14.3 Å². The first-order valence-electron chi connectivity index (χ1n) is 11.3. The number of aromatic nitrogens is 3. The molecule has 3 aromatic rings. The standard InChI is InChI=1S/C25H26ClFN6O2/c1-15-10-22(32-31-15)30-21-7-6-17(13-28)20(29-21)12-25(24(34)35)8-9-33(16(2)11-25)14-18-4-3-5-19(26)23(18)27/h3-7,10,16H,8-9,11-12,14H2,1-2H3,(H,34,35)(H2,29,30,31,32)/t16-,25-/m1/s1. The molecule has 1 aliphatic heterocycles. The summed E-state index contributed by atoms with van der Waals surface area (Å²) in [7, 11) is 0. The van der Waals surface area contributed by atoms with E-state index in [9.17, 15) is 19.6 Å². The van der Waals surface area contributed by atoms with Crippen molar-refractivity contribution in [2.45, 2.75) is 45.7 Å². The Kier molecular flexibility index (Phi) is 7.05. The Hall–Kier alpha value is -3.48. The van der Waals surface area contributed by atoms with Gasteiger partial charge in [-0.15, -0.1) is 0 Å². The van der Waals surface area contributed by atoms with E-state index in [2.05, 4.69) is 31.5 Å². The van der Waals surface area contributed by atoms with Gasteiger partial charge in [0.15, 0.2) is 5.82 Å². The highest BCUT2D eigenvalue weighted by molar-refractivity contribution is 6.30. The fourth-order valence-electron chi connectivity index (χ4n) is 4.67. The number of benzene rings is 1. The van der Waals surface area contributed by atoms with Crippen molar-refractivity contribution >= 4 is 29.2 Å². The summed E-state index contributed by atoms with van der Waals surface area (Å²) in [6.45, 7) is 4.62. The number of H-pyrrole nitrogens is 1. The molecule has 2 aromatic heterocycles. The van der Waals surface area contributed by atoms with Crippen LogP contribution in [-0.4, -0.2) is 43.7 Å². The van der Waals surface area contributed by atoms with Crippen molar-refractivity contribution in [2.75, 3.05) is 11.9 Å². The lowest BCUT2D eigenvalue weighted by Crippen LogP contribution is -2.49. The summed E-state index contributed by atoms with van der Waals surface area (Å²) in [5.41, 5.74) is 1.03. The normalized spacial score (nSPS) is 20.4. The molecule has 3 N–H and O–H groups in total. The van der Waals surface area contributed by atoms with Crippen LogP contribution >= 0.6 is 11.6 Å². The van der Waals surface area contributed by atoms with Gasteiger partial charge in [0, 0.05) is 36.3 Å². The number of anilines is 2. The quantitative estimate of drug-likeness (QED) is 0.429. The van der Waals surface area contributed by atoms with E-state index in [-0.39, 0.29) is 17.5 Å². The number of carboxylic acid groups (broad SMARTS) is 1. The second-order valence-electron chi connectivity index (χ2n) is 9.11. The molecule has 3 heterocycles. The third kappa shape index (κ3) is 5.29. The van der Waals surface area contributed by atoms with Crippen LogP contribution in [-0.2, 0) is 17.8 Å². The molecule has 0 bridgehead atoms. The third-order valence-electron chi connectivity index (χ3n) is 6.61. The average Bonchev–Trinajstić information content (AvgIpc) is 3.23. The van der Waals surface area contributed by atoms with Crippen LogP contribution in [0.2, 0.25) is 5.02 Å². The van der Waals surface area contributed by atoms with Gasteiger partial charge < -0.3 is 10.4 Å². The Morgan fingerprint density at radius 2 is 2.20 bits per heavy atom. The molecule has 10 heteroatoms. The summed E-state index contributed by atoms with van der Waals surface area (Å²) >= 11 is 5.92. The van der Waals surface area contributed by atoms with Gasteiger partial charge in [-0.05, 0) is 51.4 Å². The lowest BCUT2D eigenvalue weighted by Gasteiger charge is -2.43. The molecule has 1 aliphatic rings. The number of hydrogen-bond donors (Lipinski definition) is 3. The van der Waals surface area contributed by atoms with Gasteiger partial charge in [0.2, 0.25) is 0 Å². The number of aryl methyl sites for hydroxylation is 1. The maximum atomic E-state index is 14.4. The molecule has 35 heavy (non-hydrogen) atoms. The van der Waals surface area contributed by atoms with Crippen molar-refractivity contribution in [2.24, 2.45) is 5.41 Å². The minimum absolute atomic E-state index is 0.0700. The Balaban J connectivity index is 1.55. The molecule has 4 rings (SSSR count). The van der Waals surface area contributed by atoms with Crippen LogP contribution in [0, 0.1) is 29.5 Å². The largest absolute Gasteiger partial charge is 0.481 e. The number of rotatable bonds is 7. The van der Waals surface area contributed by atoms with E-state index in [1.54, 1.807) is 24.3 Å². The second kappa shape index (κ2) is 10.0. The van der Waals surface area contributed by atoms with E-state index in [0.717, 1.165) is 5.69 Å². The highest BCUT2D eigenvalue weighted by Gasteiger charge is 2.45. The molecule has 0 radical (unpaired) electrons. The molecule has 0 saturated carbocycles. The molecule has 0 aliphatic carbocycles. The summed E-state index contributed by atoms with van der Waals surface area (Å²) in [5, 5.41) is 30.0. The Morgan fingerprint density at radius 1 is 1.40 bits per heavy atom. The number of hydrogen-bond acceptors (Lipinski definition) is 6. The molecule has 1 saturated heterocycles. The maximum Gasteiger partial charge on any atom is 0.310 e. The fraction of sp³-hybridized carbons (Fsp3) is 0.360. The number of halogens is 2. The zero-order chi connectivity index (χ0) is 25.2. The van der Waals surface area contributed by atoms with Crippen LogP contribution in [0.5, 0.6) is 0 Å². The van der Waals surface area contributed by atoms with Crippen molar-refractivity contribution in [3.05, 3.63) is 69.8 Å². The van der Waals surface area contributed by atoms with Crippen molar-refractivity contribution in [3.8, 4) is 6.07 Å². The van der Waals surface area contributed by atoms with E-state index in [4.69, 9.17) is 11.6 Å². The highest BCUT2D eigenvalue weighted by atomic mass is 35.5. The maximum absolute atomic E-state index is 14.4. The SMILES string of the molecule is Cc1cc(Nc2ccc(C#N)c(C[C@@]3(C(=O)O)CCN(Cc4cccc(Cl)c4F)[C@H](C)C3)n2)n[nH]1. The smallest absolute Gasteiger partial charge is 0.310 e. The van der Waals surface area contributed by atoms with Crippen LogP contribution in [0.15, 0.2) is 36.4 Å². The first-order valence-corrected chi connectivity index (χ1v) is 11.7. The molecule has 8 nitrogen and oxygen atoms in total. The van der Waals surface area contributed by atoms with E-state index in [1.165, 1.54) is 6.07 Å². The molecule has 2 atom stereocenters. The molecule has 0 unspecified atom stereocenters. The van der Waals surface area contributed by atoms with Gasteiger partial charge >= 0.3 is 5.97 Å². The first kappa shape index (κ1) is 24.6. The summed E-state index contributed by atoms with van der Waals surface area (Å²) < 4.78 is 14.4. The van der Waals surface area contributed by atoms with Gasteiger partial charge in [-0.3, -0.25) is 14.8 Å². The predicted molar refractivity (Wildman–Crippen MR) is 130 cm³/mol. The van der Waals surface area contributed by atoms with Crippen LogP contribution in [0.3, 0.4) is 0 Å². The number of nitriles is 1. The number of likely N-dealkylation sites (tertiary alicyclic amines) is 1.